The Morgan fingerprint density at radius 2 is 2.08 bits per heavy atom. The number of sulfonamides is 1. The molecule has 0 atom stereocenters. The molecule has 6 nitrogen and oxygen atoms in total. The molecule has 1 N–H and O–H groups in total. The van der Waals surface area contributed by atoms with Crippen LogP contribution in [-0.4, -0.2) is 45.1 Å². The quantitative estimate of drug-likeness (QED) is 0.703. The van der Waals surface area contributed by atoms with Crippen molar-refractivity contribution < 1.29 is 17.9 Å². The normalized spacial score (nSPS) is 14.8. The summed E-state index contributed by atoms with van der Waals surface area (Å²) in [6.07, 6.45) is 8.43. The van der Waals surface area contributed by atoms with Crippen LogP contribution in [0.2, 0.25) is 0 Å². The fourth-order valence-corrected chi connectivity index (χ4v) is 3.81. The van der Waals surface area contributed by atoms with Gasteiger partial charge in [0.05, 0.1) is 25.6 Å². The standard InChI is InChI=1S/C19H28N2O4S/c1-15-9-10-18(25-2)17(13-15)20-19(22)14-21(26(3,23)24)12-11-16-7-5-4-6-8-16/h7,9-10,13H,4-6,8,11-12,14H2,1-3H3,(H,20,22). The van der Waals surface area contributed by atoms with Gasteiger partial charge in [0.1, 0.15) is 5.75 Å². The molecule has 1 amide bonds. The predicted molar refractivity (Wildman–Crippen MR) is 104 cm³/mol. The summed E-state index contributed by atoms with van der Waals surface area (Å²) in [6.45, 7) is 2.03. The Morgan fingerprint density at radius 3 is 2.69 bits per heavy atom. The molecule has 0 spiro atoms. The van der Waals surface area contributed by atoms with Crippen molar-refractivity contribution in [3.63, 3.8) is 0 Å². The first kappa shape index (κ1) is 20.5. The number of anilines is 1. The van der Waals surface area contributed by atoms with Gasteiger partial charge in [0.2, 0.25) is 15.9 Å². The molecule has 1 aromatic rings. The van der Waals surface area contributed by atoms with E-state index in [1.165, 1.54) is 23.4 Å². The minimum atomic E-state index is -3.46. The Hall–Kier alpha value is -1.86. The lowest BCUT2D eigenvalue weighted by atomic mass is 9.97. The van der Waals surface area contributed by atoms with Crippen LogP contribution in [0.1, 0.15) is 37.7 Å². The number of carbonyl (C=O) groups excluding carboxylic acids is 1. The molecule has 1 aliphatic rings. The van der Waals surface area contributed by atoms with Crippen molar-refractivity contribution in [2.75, 3.05) is 31.8 Å². The third kappa shape index (κ3) is 6.14. The van der Waals surface area contributed by atoms with E-state index in [1.54, 1.807) is 12.1 Å². The molecule has 0 heterocycles. The zero-order valence-corrected chi connectivity index (χ0v) is 16.6. The van der Waals surface area contributed by atoms with Crippen LogP contribution in [0.25, 0.3) is 0 Å². The van der Waals surface area contributed by atoms with E-state index in [-0.39, 0.29) is 12.5 Å². The average molecular weight is 381 g/mol. The van der Waals surface area contributed by atoms with Crippen molar-refractivity contribution in [1.29, 1.82) is 0 Å². The minimum Gasteiger partial charge on any atom is -0.495 e. The molecule has 0 aromatic heterocycles. The summed E-state index contributed by atoms with van der Waals surface area (Å²) in [4.78, 5) is 12.4. The molecule has 26 heavy (non-hydrogen) atoms. The monoisotopic (exact) mass is 380 g/mol. The van der Waals surface area contributed by atoms with Crippen molar-refractivity contribution >= 4 is 21.6 Å². The molecule has 1 aliphatic carbocycles. The van der Waals surface area contributed by atoms with Crippen molar-refractivity contribution in [1.82, 2.24) is 4.31 Å². The molecule has 7 heteroatoms. The van der Waals surface area contributed by atoms with Crippen molar-refractivity contribution in [3.8, 4) is 5.75 Å². The highest BCUT2D eigenvalue weighted by Crippen LogP contribution is 2.25. The van der Waals surface area contributed by atoms with Gasteiger partial charge in [-0.25, -0.2) is 8.42 Å². The second kappa shape index (κ2) is 9.19. The van der Waals surface area contributed by atoms with Crippen LogP contribution in [0.3, 0.4) is 0 Å². The first-order chi connectivity index (χ1) is 12.3. The van der Waals surface area contributed by atoms with Crippen LogP contribution >= 0.6 is 0 Å². The molecule has 0 unspecified atom stereocenters. The minimum absolute atomic E-state index is 0.205. The lowest BCUT2D eigenvalue weighted by molar-refractivity contribution is -0.116. The second-order valence-electron chi connectivity index (χ2n) is 6.71. The summed E-state index contributed by atoms with van der Waals surface area (Å²) in [5, 5.41) is 2.76. The Labute approximate surface area is 156 Å². The molecule has 0 saturated carbocycles. The smallest absolute Gasteiger partial charge is 0.239 e. The number of hydrogen-bond acceptors (Lipinski definition) is 4. The van der Waals surface area contributed by atoms with Crippen molar-refractivity contribution in [3.05, 3.63) is 35.4 Å². The molecule has 0 bridgehead atoms. The van der Waals surface area contributed by atoms with Crippen molar-refractivity contribution in [2.24, 2.45) is 0 Å². The van der Waals surface area contributed by atoms with Crippen LogP contribution < -0.4 is 10.1 Å². The SMILES string of the molecule is COc1ccc(C)cc1NC(=O)CN(CCC1=CCCCC1)S(C)(=O)=O. The number of allylic oxidation sites excluding steroid dienone is 1. The van der Waals surface area contributed by atoms with Gasteiger partial charge in [-0.3, -0.25) is 4.79 Å². The highest BCUT2D eigenvalue weighted by molar-refractivity contribution is 7.88. The molecule has 0 saturated heterocycles. The third-order valence-corrected chi connectivity index (χ3v) is 5.74. The highest BCUT2D eigenvalue weighted by Gasteiger charge is 2.21. The Morgan fingerprint density at radius 1 is 1.31 bits per heavy atom. The number of nitrogens with zero attached hydrogens (tertiary/aromatic N) is 1. The van der Waals surface area contributed by atoms with E-state index in [1.807, 2.05) is 13.0 Å². The molecular weight excluding hydrogens is 352 g/mol. The van der Waals surface area contributed by atoms with Crippen molar-refractivity contribution in [2.45, 2.75) is 39.0 Å². The molecule has 0 aliphatic heterocycles. The Kier molecular flexibility index (Phi) is 7.23. The largest absolute Gasteiger partial charge is 0.495 e. The summed E-state index contributed by atoms with van der Waals surface area (Å²) >= 11 is 0. The molecule has 0 radical (unpaired) electrons. The van der Waals surface area contributed by atoms with Gasteiger partial charge < -0.3 is 10.1 Å². The number of rotatable bonds is 8. The third-order valence-electron chi connectivity index (χ3n) is 4.49. The maximum atomic E-state index is 12.4. The number of nitrogens with one attached hydrogen (secondary N) is 1. The summed E-state index contributed by atoms with van der Waals surface area (Å²) < 4.78 is 30.6. The van der Waals surface area contributed by atoms with Crippen LogP contribution in [-0.2, 0) is 14.8 Å². The van der Waals surface area contributed by atoms with Crippen LogP contribution in [0.4, 0.5) is 5.69 Å². The van der Waals surface area contributed by atoms with Gasteiger partial charge in [-0.15, -0.1) is 0 Å². The van der Waals surface area contributed by atoms with Crippen LogP contribution in [0.5, 0.6) is 5.75 Å². The number of methoxy groups -OCH3 is 1. The van der Waals surface area contributed by atoms with Gasteiger partial charge in [0.25, 0.3) is 0 Å². The Balaban J connectivity index is 2.02. The van der Waals surface area contributed by atoms with E-state index < -0.39 is 10.0 Å². The molecular formula is C19H28N2O4S. The summed E-state index contributed by atoms with van der Waals surface area (Å²) in [6, 6.07) is 5.46. The van der Waals surface area contributed by atoms with E-state index in [2.05, 4.69) is 11.4 Å². The zero-order chi connectivity index (χ0) is 19.2. The van der Waals surface area contributed by atoms with Crippen LogP contribution in [0, 0.1) is 6.92 Å². The molecule has 144 valence electrons. The fourth-order valence-electron chi connectivity index (χ4n) is 3.03. The van der Waals surface area contributed by atoms with E-state index in [0.29, 0.717) is 24.4 Å². The zero-order valence-electron chi connectivity index (χ0n) is 15.7. The average Bonchev–Trinajstić information content (AvgIpc) is 2.58. The van der Waals surface area contributed by atoms with Gasteiger partial charge in [0.15, 0.2) is 0 Å². The number of amides is 1. The first-order valence-corrected chi connectivity index (χ1v) is 10.7. The van der Waals surface area contributed by atoms with Gasteiger partial charge in [-0.05, 0) is 56.7 Å². The van der Waals surface area contributed by atoms with Gasteiger partial charge >= 0.3 is 0 Å². The van der Waals surface area contributed by atoms with Crippen LogP contribution in [0.15, 0.2) is 29.8 Å². The lowest BCUT2D eigenvalue weighted by Crippen LogP contribution is -2.38. The van der Waals surface area contributed by atoms with Gasteiger partial charge in [-0.2, -0.15) is 4.31 Å². The first-order valence-electron chi connectivity index (χ1n) is 8.87. The summed E-state index contributed by atoms with van der Waals surface area (Å²) in [7, 11) is -1.93. The number of hydrogen-bond donors (Lipinski definition) is 1. The summed E-state index contributed by atoms with van der Waals surface area (Å²) in [5.74, 6) is 0.166. The van der Waals surface area contributed by atoms with E-state index in [4.69, 9.17) is 4.74 Å². The maximum absolute atomic E-state index is 12.4. The van der Waals surface area contributed by atoms with Gasteiger partial charge in [0, 0.05) is 6.54 Å². The number of carbonyl (C=O) groups is 1. The highest BCUT2D eigenvalue weighted by atomic mass is 32.2. The van der Waals surface area contributed by atoms with E-state index in [9.17, 15) is 13.2 Å². The summed E-state index contributed by atoms with van der Waals surface area (Å²) in [5.41, 5.74) is 2.80. The number of ether oxygens (including phenoxy) is 1. The number of benzene rings is 1. The Bertz CT molecular complexity index is 772. The lowest BCUT2D eigenvalue weighted by Gasteiger charge is -2.21. The van der Waals surface area contributed by atoms with E-state index >= 15 is 0 Å². The topological polar surface area (TPSA) is 75.7 Å². The molecule has 1 aromatic carbocycles. The maximum Gasteiger partial charge on any atom is 0.239 e. The fraction of sp³-hybridized carbons (Fsp3) is 0.526. The number of aryl methyl sites for hydroxylation is 1. The second-order valence-corrected chi connectivity index (χ2v) is 8.69. The van der Waals surface area contributed by atoms with E-state index in [0.717, 1.165) is 31.1 Å². The van der Waals surface area contributed by atoms with Gasteiger partial charge in [-0.1, -0.05) is 17.7 Å². The predicted octanol–water partition coefficient (Wildman–Crippen LogP) is 3.09. The molecule has 2 rings (SSSR count). The molecule has 0 fully saturated rings.